The van der Waals surface area contributed by atoms with Crippen LogP contribution < -0.4 is 4.74 Å². The second-order valence-corrected chi connectivity index (χ2v) is 3.99. The highest BCUT2D eigenvalue weighted by molar-refractivity contribution is 5.70. The molecular weight excluding hydrogens is 214 g/mol. The molecule has 0 fully saturated rings. The zero-order chi connectivity index (χ0) is 12.4. The van der Waals surface area contributed by atoms with Crippen molar-refractivity contribution < 1.29 is 9.84 Å². The van der Waals surface area contributed by atoms with Crippen molar-refractivity contribution >= 4 is 0 Å². The number of phenols is 1. The topological polar surface area (TPSA) is 42.4 Å². The van der Waals surface area contributed by atoms with Crippen LogP contribution in [0.25, 0.3) is 11.1 Å². The Morgan fingerprint density at radius 3 is 2.35 bits per heavy atom. The van der Waals surface area contributed by atoms with Crippen LogP contribution in [-0.2, 0) is 0 Å². The molecule has 1 heterocycles. The number of aromatic nitrogens is 1. The number of phenolic OH excluding ortho intramolecular Hbond substituents is 1. The quantitative estimate of drug-likeness (QED) is 0.860. The molecular formula is C14H15NO2. The number of rotatable bonds is 2. The Balaban J connectivity index is 2.53. The van der Waals surface area contributed by atoms with E-state index in [0.717, 1.165) is 22.4 Å². The fraction of sp³-hybridized carbons (Fsp3) is 0.214. The fourth-order valence-electron chi connectivity index (χ4n) is 1.89. The summed E-state index contributed by atoms with van der Waals surface area (Å²) in [6.07, 6.45) is 0. The van der Waals surface area contributed by atoms with Gasteiger partial charge in [-0.2, -0.15) is 0 Å². The molecule has 1 aromatic carbocycles. The molecule has 0 atom stereocenters. The number of aromatic hydroxyl groups is 1. The van der Waals surface area contributed by atoms with Gasteiger partial charge in [-0.05, 0) is 43.2 Å². The molecule has 2 rings (SSSR count). The molecule has 0 radical (unpaired) electrons. The summed E-state index contributed by atoms with van der Waals surface area (Å²) >= 11 is 0. The lowest BCUT2D eigenvalue weighted by Crippen LogP contribution is -1.93. The lowest BCUT2D eigenvalue weighted by Gasteiger charge is -2.10. The van der Waals surface area contributed by atoms with Crippen molar-refractivity contribution in [1.29, 1.82) is 0 Å². The number of hydrogen-bond acceptors (Lipinski definition) is 3. The average molecular weight is 229 g/mol. The molecule has 17 heavy (non-hydrogen) atoms. The maximum Gasteiger partial charge on any atom is 0.213 e. The molecule has 0 saturated heterocycles. The number of ether oxygens (including phenoxy) is 1. The Labute approximate surface area is 101 Å². The van der Waals surface area contributed by atoms with E-state index in [1.165, 1.54) is 0 Å². The summed E-state index contributed by atoms with van der Waals surface area (Å²) in [5, 5.41) is 9.40. The first-order chi connectivity index (χ1) is 8.11. The van der Waals surface area contributed by atoms with Gasteiger partial charge in [-0.3, -0.25) is 0 Å². The van der Waals surface area contributed by atoms with E-state index in [0.29, 0.717) is 5.88 Å². The molecule has 1 N–H and O–H groups in total. The van der Waals surface area contributed by atoms with Crippen LogP contribution in [0, 0.1) is 13.8 Å². The van der Waals surface area contributed by atoms with Crippen molar-refractivity contribution in [2.75, 3.05) is 7.11 Å². The Hall–Kier alpha value is -2.03. The summed E-state index contributed by atoms with van der Waals surface area (Å²) in [7, 11) is 1.60. The highest BCUT2D eigenvalue weighted by Gasteiger charge is 2.07. The number of pyridine rings is 1. The second-order valence-electron chi connectivity index (χ2n) is 3.99. The van der Waals surface area contributed by atoms with Crippen LogP contribution in [0.1, 0.15) is 11.3 Å². The largest absolute Gasteiger partial charge is 0.508 e. The van der Waals surface area contributed by atoms with E-state index in [2.05, 4.69) is 4.98 Å². The summed E-state index contributed by atoms with van der Waals surface area (Å²) in [4.78, 5) is 4.35. The van der Waals surface area contributed by atoms with Gasteiger partial charge in [0.25, 0.3) is 0 Å². The lowest BCUT2D eigenvalue weighted by atomic mass is 9.99. The highest BCUT2D eigenvalue weighted by atomic mass is 16.5. The van der Waals surface area contributed by atoms with Gasteiger partial charge in [0.2, 0.25) is 5.88 Å². The minimum atomic E-state index is 0.283. The standard InChI is InChI=1S/C14H15NO2/c1-9-8-11(16)4-5-12(9)13-6-7-14(17-3)15-10(13)2/h4-8,16H,1-3H3. The Morgan fingerprint density at radius 2 is 1.76 bits per heavy atom. The van der Waals surface area contributed by atoms with E-state index in [9.17, 15) is 5.11 Å². The maximum absolute atomic E-state index is 9.40. The number of aryl methyl sites for hydroxylation is 2. The third kappa shape index (κ3) is 2.23. The van der Waals surface area contributed by atoms with Crippen LogP contribution in [0.4, 0.5) is 0 Å². The second kappa shape index (κ2) is 4.45. The number of methoxy groups -OCH3 is 1. The molecule has 88 valence electrons. The van der Waals surface area contributed by atoms with Gasteiger partial charge in [0.15, 0.2) is 0 Å². The van der Waals surface area contributed by atoms with Gasteiger partial charge in [0, 0.05) is 17.3 Å². The number of hydrogen-bond donors (Lipinski definition) is 1. The first-order valence-corrected chi connectivity index (χ1v) is 5.43. The normalized spacial score (nSPS) is 10.3. The Kier molecular flexibility index (Phi) is 3.00. The number of benzene rings is 1. The molecule has 0 amide bonds. The number of nitrogens with zero attached hydrogens (tertiary/aromatic N) is 1. The summed E-state index contributed by atoms with van der Waals surface area (Å²) in [6, 6.07) is 9.17. The SMILES string of the molecule is COc1ccc(-c2ccc(O)cc2C)c(C)n1. The first-order valence-electron chi connectivity index (χ1n) is 5.43. The maximum atomic E-state index is 9.40. The van der Waals surface area contributed by atoms with Crippen LogP contribution in [-0.4, -0.2) is 17.2 Å². The van der Waals surface area contributed by atoms with E-state index in [-0.39, 0.29) is 5.75 Å². The van der Waals surface area contributed by atoms with Crippen molar-refractivity contribution in [3.8, 4) is 22.8 Å². The van der Waals surface area contributed by atoms with E-state index in [1.54, 1.807) is 19.2 Å². The molecule has 0 spiro atoms. The average Bonchev–Trinajstić information content (AvgIpc) is 2.30. The zero-order valence-electron chi connectivity index (χ0n) is 10.2. The van der Waals surface area contributed by atoms with Gasteiger partial charge < -0.3 is 9.84 Å². The molecule has 2 aromatic rings. The Bertz CT molecular complexity index is 550. The fourth-order valence-corrected chi connectivity index (χ4v) is 1.89. The molecule has 0 saturated carbocycles. The van der Waals surface area contributed by atoms with Gasteiger partial charge in [0.1, 0.15) is 5.75 Å². The smallest absolute Gasteiger partial charge is 0.213 e. The molecule has 3 heteroatoms. The van der Waals surface area contributed by atoms with Crippen molar-refractivity contribution in [3.63, 3.8) is 0 Å². The van der Waals surface area contributed by atoms with Gasteiger partial charge >= 0.3 is 0 Å². The van der Waals surface area contributed by atoms with Crippen LogP contribution >= 0.6 is 0 Å². The van der Waals surface area contributed by atoms with Crippen molar-refractivity contribution in [2.45, 2.75) is 13.8 Å². The predicted molar refractivity (Wildman–Crippen MR) is 67.4 cm³/mol. The lowest BCUT2D eigenvalue weighted by molar-refractivity contribution is 0.397. The molecule has 0 aliphatic rings. The van der Waals surface area contributed by atoms with Crippen molar-refractivity contribution in [3.05, 3.63) is 41.6 Å². The van der Waals surface area contributed by atoms with E-state index in [1.807, 2.05) is 32.0 Å². The third-order valence-electron chi connectivity index (χ3n) is 2.77. The zero-order valence-corrected chi connectivity index (χ0v) is 10.2. The Morgan fingerprint density at radius 1 is 1.06 bits per heavy atom. The van der Waals surface area contributed by atoms with Gasteiger partial charge in [-0.1, -0.05) is 6.07 Å². The van der Waals surface area contributed by atoms with E-state index in [4.69, 9.17) is 4.74 Å². The monoisotopic (exact) mass is 229 g/mol. The van der Waals surface area contributed by atoms with Crippen molar-refractivity contribution in [1.82, 2.24) is 4.98 Å². The third-order valence-corrected chi connectivity index (χ3v) is 2.77. The first kappa shape index (κ1) is 11.5. The highest BCUT2D eigenvalue weighted by Crippen LogP contribution is 2.29. The van der Waals surface area contributed by atoms with Crippen LogP contribution in [0.2, 0.25) is 0 Å². The summed E-state index contributed by atoms with van der Waals surface area (Å²) in [6.45, 7) is 3.92. The molecule has 1 aromatic heterocycles. The van der Waals surface area contributed by atoms with Gasteiger partial charge in [-0.15, -0.1) is 0 Å². The molecule has 3 nitrogen and oxygen atoms in total. The van der Waals surface area contributed by atoms with E-state index >= 15 is 0 Å². The van der Waals surface area contributed by atoms with E-state index < -0.39 is 0 Å². The van der Waals surface area contributed by atoms with Crippen molar-refractivity contribution in [2.24, 2.45) is 0 Å². The van der Waals surface area contributed by atoms with Crippen LogP contribution in [0.5, 0.6) is 11.6 Å². The minimum Gasteiger partial charge on any atom is -0.508 e. The van der Waals surface area contributed by atoms with Crippen LogP contribution in [0.3, 0.4) is 0 Å². The van der Waals surface area contributed by atoms with Gasteiger partial charge in [0.05, 0.1) is 7.11 Å². The summed E-state index contributed by atoms with van der Waals surface area (Å²) in [5.74, 6) is 0.896. The molecule has 0 aliphatic heterocycles. The minimum absolute atomic E-state index is 0.283. The van der Waals surface area contributed by atoms with Gasteiger partial charge in [-0.25, -0.2) is 4.98 Å². The van der Waals surface area contributed by atoms with Crippen LogP contribution in [0.15, 0.2) is 30.3 Å². The predicted octanol–water partition coefficient (Wildman–Crippen LogP) is 3.08. The molecule has 0 bridgehead atoms. The summed E-state index contributed by atoms with van der Waals surface area (Å²) in [5.41, 5.74) is 4.08. The summed E-state index contributed by atoms with van der Waals surface area (Å²) < 4.78 is 5.08. The molecule has 0 unspecified atom stereocenters. The molecule has 0 aliphatic carbocycles.